The van der Waals surface area contributed by atoms with Crippen LogP contribution in [0.4, 0.5) is 5.69 Å². The highest BCUT2D eigenvalue weighted by molar-refractivity contribution is 9.10. The number of nitro benzene ring substituents is 1. The molecule has 0 amide bonds. The highest BCUT2D eigenvalue weighted by atomic mass is 79.9. The van der Waals surface area contributed by atoms with E-state index in [-0.39, 0.29) is 16.6 Å². The molecule has 0 radical (unpaired) electrons. The van der Waals surface area contributed by atoms with Crippen LogP contribution >= 0.6 is 15.9 Å². The summed E-state index contributed by atoms with van der Waals surface area (Å²) in [5, 5.41) is 14.1. The molecule has 0 bridgehead atoms. The monoisotopic (exact) mass is 391 g/mol. The van der Waals surface area contributed by atoms with Crippen molar-refractivity contribution in [3.05, 3.63) is 32.3 Å². The van der Waals surface area contributed by atoms with Gasteiger partial charge in [-0.25, -0.2) is 8.42 Å². The molecule has 0 aliphatic carbocycles. The molecule has 1 atom stereocenters. The van der Waals surface area contributed by atoms with E-state index in [1.165, 1.54) is 10.4 Å². The van der Waals surface area contributed by atoms with Gasteiger partial charge < -0.3 is 5.32 Å². The van der Waals surface area contributed by atoms with Gasteiger partial charge in [-0.05, 0) is 32.9 Å². The molecule has 1 saturated heterocycles. The summed E-state index contributed by atoms with van der Waals surface area (Å²) < 4.78 is 27.5. The predicted molar refractivity (Wildman–Crippen MR) is 86.4 cm³/mol. The van der Waals surface area contributed by atoms with Crippen LogP contribution in [0.5, 0.6) is 0 Å². The summed E-state index contributed by atoms with van der Waals surface area (Å²) in [6, 6.07) is 2.46. The molecule has 1 N–H and O–H groups in total. The molecule has 0 aromatic heterocycles. The summed E-state index contributed by atoms with van der Waals surface area (Å²) in [6.07, 6.45) is 1.58. The quantitative estimate of drug-likeness (QED) is 0.612. The van der Waals surface area contributed by atoms with Gasteiger partial charge in [-0.15, -0.1) is 0 Å². The second kappa shape index (κ2) is 6.61. The summed E-state index contributed by atoms with van der Waals surface area (Å²) in [6.45, 7) is 2.58. The largest absolute Gasteiger partial charge is 0.318 e. The highest BCUT2D eigenvalue weighted by Gasteiger charge is 2.36. The smallest absolute Gasteiger partial charge is 0.274 e. The fourth-order valence-electron chi connectivity index (χ4n) is 2.68. The van der Waals surface area contributed by atoms with Gasteiger partial charge in [-0.2, -0.15) is 4.31 Å². The van der Waals surface area contributed by atoms with Gasteiger partial charge in [0.1, 0.15) is 0 Å². The molecule has 1 aliphatic heterocycles. The zero-order chi connectivity index (χ0) is 16.5. The summed E-state index contributed by atoms with van der Waals surface area (Å²) >= 11 is 3.21. The van der Waals surface area contributed by atoms with Crippen molar-refractivity contribution < 1.29 is 13.3 Å². The second-order valence-corrected chi connectivity index (χ2v) is 8.02. The van der Waals surface area contributed by atoms with Gasteiger partial charge in [-0.3, -0.25) is 10.1 Å². The van der Waals surface area contributed by atoms with Crippen molar-refractivity contribution in [2.24, 2.45) is 0 Å². The van der Waals surface area contributed by atoms with E-state index in [1.54, 1.807) is 14.0 Å². The number of sulfonamides is 1. The number of nitrogens with zero attached hydrogens (tertiary/aromatic N) is 2. The number of likely N-dealkylation sites (N-methyl/N-ethyl adjacent to an activating group) is 1. The highest BCUT2D eigenvalue weighted by Crippen LogP contribution is 2.33. The molecule has 1 heterocycles. The second-order valence-electron chi connectivity index (χ2n) is 5.28. The molecule has 0 saturated carbocycles. The third kappa shape index (κ3) is 3.17. The third-order valence-electron chi connectivity index (χ3n) is 3.86. The van der Waals surface area contributed by atoms with Crippen LogP contribution in [0.25, 0.3) is 0 Å². The van der Waals surface area contributed by atoms with E-state index >= 15 is 0 Å². The van der Waals surface area contributed by atoms with E-state index in [0.717, 1.165) is 18.9 Å². The Bertz CT molecular complexity index is 693. The van der Waals surface area contributed by atoms with Crippen molar-refractivity contribution in [3.8, 4) is 0 Å². The van der Waals surface area contributed by atoms with E-state index < -0.39 is 14.9 Å². The topological polar surface area (TPSA) is 92.6 Å². The number of halogens is 1. The molecule has 1 aromatic carbocycles. The summed E-state index contributed by atoms with van der Waals surface area (Å²) in [5.74, 6) is 0. The van der Waals surface area contributed by atoms with E-state index in [1.807, 2.05) is 0 Å². The Morgan fingerprint density at radius 3 is 2.77 bits per heavy atom. The molecular weight excluding hydrogens is 374 g/mol. The van der Waals surface area contributed by atoms with Crippen LogP contribution in [0, 0.1) is 17.0 Å². The molecule has 1 aliphatic rings. The van der Waals surface area contributed by atoms with Gasteiger partial charge in [0.15, 0.2) is 0 Å². The van der Waals surface area contributed by atoms with Gasteiger partial charge in [0.05, 0.1) is 9.82 Å². The Morgan fingerprint density at radius 2 is 2.18 bits per heavy atom. The minimum absolute atomic E-state index is 0.0420. The number of nitrogens with one attached hydrogen (secondary N) is 1. The Kier molecular flexibility index (Phi) is 5.21. The van der Waals surface area contributed by atoms with Crippen LogP contribution < -0.4 is 5.32 Å². The van der Waals surface area contributed by atoms with E-state index in [0.29, 0.717) is 23.1 Å². The minimum Gasteiger partial charge on any atom is -0.318 e. The first-order valence-corrected chi connectivity index (χ1v) is 9.13. The average molecular weight is 392 g/mol. The summed E-state index contributed by atoms with van der Waals surface area (Å²) in [4.78, 5) is 10.5. The van der Waals surface area contributed by atoms with Crippen molar-refractivity contribution in [1.29, 1.82) is 0 Å². The normalized spacial score (nSPS) is 19.5. The SMILES string of the molecule is CNCC1CCCN1S(=O)(=O)c1cc(Br)c(C)c([N+](=O)[O-])c1. The molecule has 22 heavy (non-hydrogen) atoms. The first-order valence-electron chi connectivity index (χ1n) is 6.90. The predicted octanol–water partition coefficient (Wildman–Crippen LogP) is 2.04. The molecule has 0 spiro atoms. The van der Waals surface area contributed by atoms with Crippen LogP contribution in [0.3, 0.4) is 0 Å². The summed E-state index contributed by atoms with van der Waals surface area (Å²) in [7, 11) is -1.97. The van der Waals surface area contributed by atoms with E-state index in [9.17, 15) is 18.5 Å². The molecule has 2 rings (SSSR count). The maximum absolute atomic E-state index is 12.8. The maximum Gasteiger partial charge on any atom is 0.274 e. The molecule has 122 valence electrons. The molecule has 7 nitrogen and oxygen atoms in total. The first-order chi connectivity index (χ1) is 10.3. The lowest BCUT2D eigenvalue weighted by atomic mass is 10.2. The Hall–Kier alpha value is -1.03. The van der Waals surface area contributed by atoms with Crippen molar-refractivity contribution in [3.63, 3.8) is 0 Å². The lowest BCUT2D eigenvalue weighted by molar-refractivity contribution is -0.385. The molecule has 1 fully saturated rings. The lowest BCUT2D eigenvalue weighted by Gasteiger charge is -2.24. The number of rotatable bonds is 5. The van der Waals surface area contributed by atoms with Crippen molar-refractivity contribution in [2.45, 2.75) is 30.7 Å². The molecule has 1 unspecified atom stereocenters. The molecule has 9 heteroatoms. The van der Waals surface area contributed by atoms with Crippen molar-refractivity contribution >= 4 is 31.6 Å². The number of benzene rings is 1. The first kappa shape index (κ1) is 17.3. The van der Waals surface area contributed by atoms with E-state index in [4.69, 9.17) is 0 Å². The number of hydrogen-bond donors (Lipinski definition) is 1. The Labute approximate surface area is 138 Å². The van der Waals surface area contributed by atoms with Gasteiger partial charge in [-0.1, -0.05) is 15.9 Å². The van der Waals surface area contributed by atoms with Crippen molar-refractivity contribution in [1.82, 2.24) is 9.62 Å². The van der Waals surface area contributed by atoms with Gasteiger partial charge >= 0.3 is 0 Å². The molecular formula is C13H18BrN3O4S. The van der Waals surface area contributed by atoms with Crippen molar-refractivity contribution in [2.75, 3.05) is 20.1 Å². The van der Waals surface area contributed by atoms with Crippen LogP contribution in [0.15, 0.2) is 21.5 Å². The average Bonchev–Trinajstić information content (AvgIpc) is 2.90. The van der Waals surface area contributed by atoms with Crippen LogP contribution in [-0.2, 0) is 10.0 Å². The third-order valence-corrected chi connectivity index (χ3v) is 6.61. The zero-order valence-electron chi connectivity index (χ0n) is 12.4. The Morgan fingerprint density at radius 1 is 1.50 bits per heavy atom. The van der Waals surface area contributed by atoms with Gasteiger partial charge in [0.2, 0.25) is 10.0 Å². The zero-order valence-corrected chi connectivity index (χ0v) is 14.8. The lowest BCUT2D eigenvalue weighted by Crippen LogP contribution is -2.40. The summed E-state index contributed by atoms with van der Waals surface area (Å²) in [5.41, 5.74) is 0.217. The van der Waals surface area contributed by atoms with Crippen LogP contribution in [0.1, 0.15) is 18.4 Å². The number of hydrogen-bond acceptors (Lipinski definition) is 5. The Balaban J connectivity index is 2.48. The number of nitro groups is 1. The van der Waals surface area contributed by atoms with E-state index in [2.05, 4.69) is 21.2 Å². The fraction of sp³-hybridized carbons (Fsp3) is 0.538. The standard InChI is InChI=1S/C13H18BrN3O4S/c1-9-12(14)6-11(7-13(9)17(18)19)22(20,21)16-5-3-4-10(16)8-15-2/h6-7,10,15H,3-5,8H2,1-2H3. The minimum atomic E-state index is -3.75. The molecule has 1 aromatic rings. The van der Waals surface area contributed by atoms with Gasteiger partial charge in [0.25, 0.3) is 5.69 Å². The van der Waals surface area contributed by atoms with Gasteiger partial charge in [0, 0.05) is 35.2 Å². The van der Waals surface area contributed by atoms with Crippen LogP contribution in [0.2, 0.25) is 0 Å². The fourth-order valence-corrected chi connectivity index (χ4v) is 5.02. The maximum atomic E-state index is 12.8. The van der Waals surface area contributed by atoms with Crippen LogP contribution in [-0.4, -0.2) is 43.8 Å².